The maximum Gasteiger partial charge on any atom is 0.508 e. The van der Waals surface area contributed by atoms with Crippen LogP contribution in [0.5, 0.6) is 0 Å². The van der Waals surface area contributed by atoms with E-state index in [-0.39, 0.29) is 12.7 Å². The molecule has 1 aliphatic carbocycles. The van der Waals surface area contributed by atoms with Crippen molar-refractivity contribution in [2.75, 3.05) is 13.7 Å². The fourth-order valence-electron chi connectivity index (χ4n) is 1.49. The molecule has 70 valence electrons. The summed E-state index contributed by atoms with van der Waals surface area (Å²) in [4.78, 5) is 10.7. The monoisotopic (exact) mass is 174 g/mol. The normalized spacial score (nSPS) is 28.5. The molecule has 0 amide bonds. The predicted molar refractivity (Wildman–Crippen MR) is 41.7 cm³/mol. The fraction of sp³-hybridized carbons (Fsp3) is 0.875. The van der Waals surface area contributed by atoms with Crippen LogP contribution in [0.25, 0.3) is 0 Å². The maximum absolute atomic E-state index is 10.7. The van der Waals surface area contributed by atoms with Gasteiger partial charge in [-0.2, -0.15) is 0 Å². The lowest BCUT2D eigenvalue weighted by molar-refractivity contribution is 0.0369. The van der Waals surface area contributed by atoms with E-state index in [0.29, 0.717) is 5.92 Å². The van der Waals surface area contributed by atoms with Crippen LogP contribution in [0.2, 0.25) is 0 Å². The third-order valence-corrected chi connectivity index (χ3v) is 2.18. The second-order valence-electron chi connectivity index (χ2n) is 3.06. The van der Waals surface area contributed by atoms with E-state index in [1.807, 2.05) is 0 Å². The summed E-state index contributed by atoms with van der Waals surface area (Å²) in [6.45, 7) is 0.182. The van der Waals surface area contributed by atoms with Gasteiger partial charge in [0.2, 0.25) is 0 Å². The molecule has 0 aromatic rings. The Labute approximate surface area is 71.5 Å². The van der Waals surface area contributed by atoms with Crippen molar-refractivity contribution in [3.63, 3.8) is 0 Å². The average Bonchev–Trinajstić information content (AvgIpc) is 2.52. The van der Waals surface area contributed by atoms with Gasteiger partial charge in [0.1, 0.15) is 6.10 Å². The molecule has 0 spiro atoms. The third kappa shape index (κ3) is 2.37. The SMILES string of the molecule is COC(=O)O[C@@H]1CC[C@H](CO)C1. The number of hydrogen-bond donors (Lipinski definition) is 1. The summed E-state index contributed by atoms with van der Waals surface area (Å²) in [5.74, 6) is 0.291. The Hall–Kier alpha value is -0.770. The van der Waals surface area contributed by atoms with Crippen molar-refractivity contribution in [1.82, 2.24) is 0 Å². The minimum absolute atomic E-state index is 0.0606. The summed E-state index contributed by atoms with van der Waals surface area (Å²) in [5, 5.41) is 8.80. The number of rotatable bonds is 2. The first-order chi connectivity index (χ1) is 5.76. The third-order valence-electron chi connectivity index (χ3n) is 2.18. The van der Waals surface area contributed by atoms with Crippen LogP contribution in [-0.4, -0.2) is 31.1 Å². The Bertz CT molecular complexity index is 157. The Morgan fingerprint density at radius 1 is 1.58 bits per heavy atom. The molecule has 2 atom stereocenters. The molecule has 0 saturated heterocycles. The van der Waals surface area contributed by atoms with Gasteiger partial charge in [-0.25, -0.2) is 4.79 Å². The van der Waals surface area contributed by atoms with E-state index in [1.165, 1.54) is 7.11 Å². The van der Waals surface area contributed by atoms with Gasteiger partial charge in [-0.15, -0.1) is 0 Å². The zero-order valence-corrected chi connectivity index (χ0v) is 7.16. The van der Waals surface area contributed by atoms with Crippen molar-refractivity contribution in [2.24, 2.45) is 5.92 Å². The van der Waals surface area contributed by atoms with Crippen LogP contribution in [0.4, 0.5) is 4.79 Å². The molecule has 1 saturated carbocycles. The van der Waals surface area contributed by atoms with Gasteiger partial charge in [-0.1, -0.05) is 0 Å². The van der Waals surface area contributed by atoms with E-state index in [1.54, 1.807) is 0 Å². The molecule has 0 aromatic carbocycles. The van der Waals surface area contributed by atoms with Crippen molar-refractivity contribution < 1.29 is 19.4 Å². The quantitative estimate of drug-likeness (QED) is 0.633. The second-order valence-corrected chi connectivity index (χ2v) is 3.06. The van der Waals surface area contributed by atoms with Crippen LogP contribution in [0.15, 0.2) is 0 Å². The van der Waals surface area contributed by atoms with Crippen molar-refractivity contribution in [2.45, 2.75) is 25.4 Å². The summed E-state index contributed by atoms with van der Waals surface area (Å²) in [7, 11) is 1.29. The highest BCUT2D eigenvalue weighted by atomic mass is 16.7. The molecule has 1 N–H and O–H groups in total. The molecule has 12 heavy (non-hydrogen) atoms. The number of aliphatic hydroxyl groups excluding tert-OH is 1. The highest BCUT2D eigenvalue weighted by Gasteiger charge is 2.27. The molecule has 1 fully saturated rings. The molecule has 0 unspecified atom stereocenters. The van der Waals surface area contributed by atoms with Crippen LogP contribution in [0.3, 0.4) is 0 Å². The Morgan fingerprint density at radius 3 is 2.83 bits per heavy atom. The number of carbonyl (C=O) groups excluding carboxylic acids is 1. The van der Waals surface area contributed by atoms with Crippen LogP contribution >= 0.6 is 0 Å². The number of aliphatic hydroxyl groups is 1. The van der Waals surface area contributed by atoms with E-state index in [2.05, 4.69) is 4.74 Å². The van der Waals surface area contributed by atoms with Crippen LogP contribution in [0, 0.1) is 5.92 Å². The smallest absolute Gasteiger partial charge is 0.438 e. The highest BCUT2D eigenvalue weighted by molar-refractivity contribution is 5.59. The topological polar surface area (TPSA) is 55.8 Å². The van der Waals surface area contributed by atoms with Gasteiger partial charge < -0.3 is 14.6 Å². The van der Waals surface area contributed by atoms with Gasteiger partial charge in [-0.05, 0) is 25.2 Å². The van der Waals surface area contributed by atoms with Crippen molar-refractivity contribution >= 4 is 6.16 Å². The van der Waals surface area contributed by atoms with Crippen LogP contribution in [0.1, 0.15) is 19.3 Å². The average molecular weight is 174 g/mol. The molecule has 0 radical (unpaired) electrons. The van der Waals surface area contributed by atoms with E-state index >= 15 is 0 Å². The minimum Gasteiger partial charge on any atom is -0.438 e. The number of ether oxygens (including phenoxy) is 2. The summed E-state index contributed by atoms with van der Waals surface area (Å²) in [6, 6.07) is 0. The zero-order chi connectivity index (χ0) is 8.97. The lowest BCUT2D eigenvalue weighted by Gasteiger charge is -2.09. The van der Waals surface area contributed by atoms with Crippen LogP contribution < -0.4 is 0 Å². The standard InChI is InChI=1S/C8H14O4/c1-11-8(10)12-7-3-2-6(4-7)5-9/h6-7,9H,2-5H2,1H3/t6-,7+/m0/s1. The molecular weight excluding hydrogens is 160 g/mol. The molecule has 1 rings (SSSR count). The lowest BCUT2D eigenvalue weighted by atomic mass is 10.1. The van der Waals surface area contributed by atoms with Gasteiger partial charge in [0, 0.05) is 6.61 Å². The van der Waals surface area contributed by atoms with Gasteiger partial charge in [0.05, 0.1) is 7.11 Å². The Balaban J connectivity index is 2.23. The van der Waals surface area contributed by atoms with Crippen molar-refractivity contribution in [3.05, 3.63) is 0 Å². The van der Waals surface area contributed by atoms with E-state index in [0.717, 1.165) is 19.3 Å². The second kappa shape index (κ2) is 4.30. The molecule has 0 bridgehead atoms. The zero-order valence-electron chi connectivity index (χ0n) is 7.16. The van der Waals surface area contributed by atoms with E-state index < -0.39 is 6.16 Å². The first-order valence-electron chi connectivity index (χ1n) is 4.11. The Morgan fingerprint density at radius 2 is 2.33 bits per heavy atom. The fourth-order valence-corrected chi connectivity index (χ4v) is 1.49. The highest BCUT2D eigenvalue weighted by Crippen LogP contribution is 2.27. The molecule has 0 aromatic heterocycles. The molecule has 4 nitrogen and oxygen atoms in total. The lowest BCUT2D eigenvalue weighted by Crippen LogP contribution is -2.15. The van der Waals surface area contributed by atoms with Gasteiger partial charge >= 0.3 is 6.16 Å². The summed E-state index contributed by atoms with van der Waals surface area (Å²) < 4.78 is 9.28. The van der Waals surface area contributed by atoms with Crippen molar-refractivity contribution in [1.29, 1.82) is 0 Å². The first-order valence-corrected chi connectivity index (χ1v) is 4.11. The van der Waals surface area contributed by atoms with E-state index in [9.17, 15) is 4.79 Å². The van der Waals surface area contributed by atoms with Gasteiger partial charge in [0.25, 0.3) is 0 Å². The number of methoxy groups -OCH3 is 1. The number of carbonyl (C=O) groups is 1. The summed E-state index contributed by atoms with van der Waals surface area (Å²) in [5.41, 5.74) is 0. The summed E-state index contributed by atoms with van der Waals surface area (Å²) >= 11 is 0. The number of hydrogen-bond acceptors (Lipinski definition) is 4. The van der Waals surface area contributed by atoms with Crippen LogP contribution in [-0.2, 0) is 9.47 Å². The molecule has 1 aliphatic rings. The molecular formula is C8H14O4. The maximum atomic E-state index is 10.7. The van der Waals surface area contributed by atoms with E-state index in [4.69, 9.17) is 9.84 Å². The van der Waals surface area contributed by atoms with Gasteiger partial charge in [0.15, 0.2) is 0 Å². The molecule has 0 aliphatic heterocycles. The predicted octanol–water partition coefficient (Wildman–Crippen LogP) is 0.930. The van der Waals surface area contributed by atoms with Gasteiger partial charge in [-0.3, -0.25) is 0 Å². The largest absolute Gasteiger partial charge is 0.508 e. The minimum atomic E-state index is -0.626. The molecule has 4 heteroatoms. The van der Waals surface area contributed by atoms with Crippen molar-refractivity contribution in [3.8, 4) is 0 Å². The Kier molecular flexibility index (Phi) is 3.34. The first kappa shape index (κ1) is 9.32. The molecule has 0 heterocycles. The summed E-state index contributed by atoms with van der Waals surface area (Å²) in [6.07, 6.45) is 1.83.